The third-order valence-electron chi connectivity index (χ3n) is 5.95. The first-order valence-corrected chi connectivity index (χ1v) is 14.4. The maximum atomic E-state index is 13.9. The van der Waals surface area contributed by atoms with Gasteiger partial charge in [0.15, 0.2) is 12.4 Å². The number of nitrogens with one attached hydrogen (secondary N) is 1. The molecule has 0 saturated carbocycles. The smallest absolute Gasteiger partial charge is 0.453 e. The van der Waals surface area contributed by atoms with Crippen LogP contribution in [0.4, 0.5) is 107 Å². The minimum atomic E-state index is -8.01. The lowest BCUT2D eigenvalue weighted by Crippen LogP contribution is -2.60. The number of ketones is 1. The van der Waals surface area contributed by atoms with E-state index in [1.807, 2.05) is 4.74 Å². The number of esters is 1. The van der Waals surface area contributed by atoms with E-state index in [1.54, 1.807) is 11.8 Å². The molecule has 0 spiro atoms. The number of alkyl halides is 23. The van der Waals surface area contributed by atoms with E-state index >= 15 is 0 Å². The zero-order valence-electron chi connectivity index (χ0n) is 28.1. The zero-order chi connectivity index (χ0) is 47.7. The molecule has 1 N–H and O–H groups in total. The van der Waals surface area contributed by atoms with Crippen LogP contribution in [0.15, 0.2) is 48.5 Å². The van der Waals surface area contributed by atoms with Crippen molar-refractivity contribution in [3.05, 3.63) is 65.2 Å². The van der Waals surface area contributed by atoms with Gasteiger partial charge in [0.1, 0.15) is 0 Å². The predicted molar refractivity (Wildman–Crippen MR) is 139 cm³/mol. The molecule has 0 atom stereocenters. The highest BCUT2D eigenvalue weighted by Gasteiger charge is 2.77. The van der Waals surface area contributed by atoms with Crippen LogP contribution >= 0.6 is 0 Å². The fraction of sp³-hybridized carbons (Fsp3) is 0.481. The normalized spacial score (nSPS) is 14.6. The maximum absolute atomic E-state index is 13.9. The van der Waals surface area contributed by atoms with Crippen molar-refractivity contribution >= 4 is 17.4 Å². The molecule has 0 fully saturated rings. The summed E-state index contributed by atoms with van der Waals surface area (Å²) >= 11 is 0. The van der Waals surface area contributed by atoms with Gasteiger partial charge in [-0.3, -0.25) is 4.79 Å². The Labute approximate surface area is 319 Å². The molecular formula is C27H14F23NO10. The second kappa shape index (κ2) is 17.3. The van der Waals surface area contributed by atoms with Crippen LogP contribution in [0.5, 0.6) is 0 Å². The first-order chi connectivity index (χ1) is 27.0. The van der Waals surface area contributed by atoms with E-state index in [0.29, 0.717) is 5.69 Å². The van der Waals surface area contributed by atoms with Gasteiger partial charge >= 0.3 is 74.0 Å². The molecule has 0 aromatic heterocycles. The average molecular weight is 949 g/mol. The number of ether oxygens (including phenoxy) is 8. The van der Waals surface area contributed by atoms with Crippen molar-refractivity contribution in [3.8, 4) is 0 Å². The van der Waals surface area contributed by atoms with Gasteiger partial charge in [0, 0.05) is 23.9 Å². The molecule has 11 nitrogen and oxygen atoms in total. The summed E-state index contributed by atoms with van der Waals surface area (Å²) in [4.78, 5) is 24.6. The second-order valence-electron chi connectivity index (χ2n) is 10.6. The molecule has 61 heavy (non-hydrogen) atoms. The van der Waals surface area contributed by atoms with Crippen LogP contribution in [0.2, 0.25) is 0 Å². The van der Waals surface area contributed by atoms with Gasteiger partial charge in [0.05, 0.1) is 5.56 Å². The molecule has 0 bridgehead atoms. The molecule has 0 aliphatic rings. The van der Waals surface area contributed by atoms with Gasteiger partial charge in [-0.25, -0.2) is 38.0 Å². The van der Waals surface area contributed by atoms with Gasteiger partial charge in [-0.2, -0.15) is 61.5 Å². The lowest BCUT2D eigenvalue weighted by atomic mass is 10.0. The molecule has 348 valence electrons. The van der Waals surface area contributed by atoms with Crippen LogP contribution in [-0.2, 0) is 37.9 Å². The molecule has 0 amide bonds. The van der Waals surface area contributed by atoms with Crippen molar-refractivity contribution in [1.29, 1.82) is 0 Å². The molecule has 2 aromatic carbocycles. The zero-order valence-corrected chi connectivity index (χ0v) is 28.1. The van der Waals surface area contributed by atoms with Crippen LogP contribution < -0.4 is 5.32 Å². The molecule has 0 radical (unpaired) electrons. The Morgan fingerprint density at radius 3 is 1.11 bits per heavy atom. The van der Waals surface area contributed by atoms with E-state index in [1.165, 1.54) is 43.2 Å². The van der Waals surface area contributed by atoms with E-state index < -0.39 is 91.9 Å². The summed E-state index contributed by atoms with van der Waals surface area (Å²) in [7, 11) is 1.57. The van der Waals surface area contributed by atoms with Crippen LogP contribution in [0.25, 0.3) is 0 Å². The topological polar surface area (TPSA) is 120 Å². The molecule has 34 heteroatoms. The van der Waals surface area contributed by atoms with E-state index in [2.05, 4.69) is 14.8 Å². The third kappa shape index (κ3) is 14.5. The Morgan fingerprint density at radius 2 is 0.738 bits per heavy atom. The molecule has 0 heterocycles. The Morgan fingerprint density at radius 1 is 0.426 bits per heavy atom. The van der Waals surface area contributed by atoms with E-state index in [-0.39, 0.29) is 11.1 Å². The van der Waals surface area contributed by atoms with Crippen LogP contribution in [0.1, 0.15) is 26.3 Å². The molecule has 2 aromatic rings. The van der Waals surface area contributed by atoms with Crippen molar-refractivity contribution in [1.82, 2.24) is 0 Å². The first-order valence-electron chi connectivity index (χ1n) is 14.4. The van der Waals surface area contributed by atoms with E-state index in [9.17, 15) is 111 Å². The third-order valence-corrected chi connectivity index (χ3v) is 5.95. The molecule has 0 saturated heterocycles. The summed E-state index contributed by atoms with van der Waals surface area (Å²) in [5.41, 5.74) is -0.0807. The largest absolute Gasteiger partial charge is 0.527 e. The highest BCUT2D eigenvalue weighted by molar-refractivity contribution is 6.09. The Kier molecular flexibility index (Phi) is 15.0. The lowest BCUT2D eigenvalue weighted by molar-refractivity contribution is -0.622. The monoisotopic (exact) mass is 949 g/mol. The lowest BCUT2D eigenvalue weighted by Gasteiger charge is -2.35. The van der Waals surface area contributed by atoms with Crippen molar-refractivity contribution in [2.45, 2.75) is 68.0 Å². The number of carbonyl (C=O) groups excluding carboxylic acids is 2. The highest BCUT2D eigenvalue weighted by Crippen LogP contribution is 2.51. The highest BCUT2D eigenvalue weighted by atomic mass is 19.4. The Balaban J connectivity index is 2.08. The minimum Gasteiger partial charge on any atom is -0.453 e. The van der Waals surface area contributed by atoms with Crippen LogP contribution in [-0.4, -0.2) is 93.4 Å². The summed E-state index contributed by atoms with van der Waals surface area (Å²) in [5, 5.41) is 2.76. The van der Waals surface area contributed by atoms with Crippen LogP contribution in [0.3, 0.4) is 0 Å². The molecular weight excluding hydrogens is 935 g/mol. The Hall–Kier alpha value is -4.51. The van der Waals surface area contributed by atoms with Crippen molar-refractivity contribution in [3.63, 3.8) is 0 Å². The molecule has 0 unspecified atom stereocenters. The molecule has 2 rings (SSSR count). The summed E-state index contributed by atoms with van der Waals surface area (Å²) < 4.78 is 320. The number of hydrogen-bond acceptors (Lipinski definition) is 11. The van der Waals surface area contributed by atoms with Gasteiger partial charge in [0.2, 0.25) is 0 Å². The van der Waals surface area contributed by atoms with E-state index in [0.717, 1.165) is 24.3 Å². The quantitative estimate of drug-likeness (QED) is 0.0526. The minimum absolute atomic E-state index is 0.109. The summed E-state index contributed by atoms with van der Waals surface area (Å²) in [6.07, 6.45) is -80.9. The van der Waals surface area contributed by atoms with Crippen molar-refractivity contribution in [2.75, 3.05) is 19.0 Å². The standard InChI is InChI=1S/C27H14F23NO10/c1-51-14-8-6-12(7-9-14)15(52)11-2-4-13(5-3-11)16(53)54-10-17(28,29)55-25(45,46)60-27(49,50)61-26(47,48)59-23(40,41)21(36,37)57-19(32,33)18(30,31)56-20(34,35)22(38,39)58-24(42,43)44/h2-9,51H,10H2,1H3. The fourth-order valence-corrected chi connectivity index (χ4v) is 3.46. The van der Waals surface area contributed by atoms with Crippen molar-refractivity contribution < 1.29 is 148 Å². The number of anilines is 1. The Bertz CT molecular complexity index is 1820. The number of carbonyl (C=O) groups is 2. The number of rotatable bonds is 22. The average Bonchev–Trinajstić information content (AvgIpc) is 3.02. The first kappa shape index (κ1) is 52.6. The van der Waals surface area contributed by atoms with Gasteiger partial charge in [-0.05, 0) is 36.4 Å². The van der Waals surface area contributed by atoms with Gasteiger partial charge in [-0.1, -0.05) is 12.1 Å². The van der Waals surface area contributed by atoms with Crippen molar-refractivity contribution in [2.24, 2.45) is 0 Å². The summed E-state index contributed by atoms with van der Waals surface area (Å²) in [6.45, 7) is -2.69. The number of hydrogen-bond donors (Lipinski definition) is 1. The number of benzene rings is 2. The predicted octanol–water partition coefficient (Wildman–Crippen LogP) is 9.55. The van der Waals surface area contributed by atoms with Crippen LogP contribution in [0, 0.1) is 0 Å². The van der Waals surface area contributed by atoms with Gasteiger partial charge in [-0.15, -0.1) is 39.5 Å². The molecule has 0 aliphatic heterocycles. The van der Waals surface area contributed by atoms with Gasteiger partial charge in [0.25, 0.3) is 0 Å². The van der Waals surface area contributed by atoms with E-state index in [4.69, 9.17) is 0 Å². The fourth-order valence-electron chi connectivity index (χ4n) is 3.46. The van der Waals surface area contributed by atoms with Gasteiger partial charge < -0.3 is 10.1 Å². The number of halogens is 23. The maximum Gasteiger partial charge on any atom is 0.527 e. The summed E-state index contributed by atoms with van der Waals surface area (Å²) in [5.74, 6) is -2.47. The second-order valence-corrected chi connectivity index (χ2v) is 10.6. The summed E-state index contributed by atoms with van der Waals surface area (Å²) in [6, 6.07) is 9.16. The molecule has 0 aliphatic carbocycles. The SMILES string of the molecule is CNc1ccc(C(=O)c2ccc(C(=O)OCC(F)(F)OC(F)(F)OC(F)(F)OC(F)(F)OC(F)(F)C(F)(F)OC(F)(F)C(F)(F)OC(F)(F)C(F)(F)OC(F)(F)F)cc2)cc1.